The van der Waals surface area contributed by atoms with Crippen LogP contribution in [0, 0.1) is 0 Å². The van der Waals surface area contributed by atoms with E-state index in [1.54, 1.807) is 14.0 Å². The normalized spacial score (nSPS) is 17.7. The van der Waals surface area contributed by atoms with Crippen LogP contribution >= 0.6 is 27.5 Å². The molecule has 0 amide bonds. The number of hydrogen-bond acceptors (Lipinski definition) is 6. The monoisotopic (exact) mass is 552 g/mol. The van der Waals surface area contributed by atoms with Crippen molar-refractivity contribution in [2.24, 2.45) is 5.10 Å². The highest BCUT2D eigenvalue weighted by Gasteiger charge is 2.40. The molecule has 180 valence electrons. The van der Waals surface area contributed by atoms with E-state index >= 15 is 0 Å². The summed E-state index contributed by atoms with van der Waals surface area (Å²) >= 11 is 9.77. The Morgan fingerprint density at radius 3 is 2.23 bits per heavy atom. The molecule has 3 aromatic carbocycles. The first-order valence-electron chi connectivity index (χ1n) is 11.6. The highest BCUT2D eigenvalue weighted by Crippen LogP contribution is 2.43. The summed E-state index contributed by atoms with van der Waals surface area (Å²) in [5.41, 5.74) is 3.76. The second-order valence-electron chi connectivity index (χ2n) is 8.64. The Hall–Kier alpha value is -3.03. The van der Waals surface area contributed by atoms with Crippen molar-refractivity contribution >= 4 is 56.2 Å². The molecule has 1 atom stereocenters. The molecule has 2 aliphatic rings. The van der Waals surface area contributed by atoms with Gasteiger partial charge in [0.05, 0.1) is 12.8 Å². The molecule has 6 nitrogen and oxygen atoms in total. The maximum atomic E-state index is 12.9. The Balaban J connectivity index is 1.65. The number of rotatable bonds is 6. The van der Waals surface area contributed by atoms with Gasteiger partial charge in [0.1, 0.15) is 5.75 Å². The number of halogens is 2. The lowest BCUT2D eigenvalue weighted by Crippen LogP contribution is -2.38. The van der Waals surface area contributed by atoms with E-state index in [9.17, 15) is 4.79 Å². The molecule has 2 aliphatic heterocycles. The van der Waals surface area contributed by atoms with E-state index in [2.05, 4.69) is 45.1 Å². The predicted octanol–water partition coefficient (Wildman–Crippen LogP) is 6.64. The lowest BCUT2D eigenvalue weighted by atomic mass is 10.1. The third kappa shape index (κ3) is 4.62. The summed E-state index contributed by atoms with van der Waals surface area (Å²) in [5, 5.41) is 7.30. The third-order valence-corrected chi connectivity index (χ3v) is 7.13. The van der Waals surface area contributed by atoms with Gasteiger partial charge in [-0.3, -0.25) is 9.69 Å². The number of carbonyl (C=O) groups is 1. The van der Waals surface area contributed by atoms with Crippen LogP contribution in [0.2, 0.25) is 5.02 Å². The average molecular weight is 554 g/mol. The Bertz CT molecular complexity index is 1260. The fourth-order valence-corrected chi connectivity index (χ4v) is 5.21. The zero-order valence-electron chi connectivity index (χ0n) is 19.6. The Kier molecular flexibility index (Phi) is 6.71. The number of ether oxygens (including phenoxy) is 1. The molecular weight excluding hydrogens is 528 g/mol. The predicted molar refractivity (Wildman–Crippen MR) is 146 cm³/mol. The van der Waals surface area contributed by atoms with Crippen molar-refractivity contribution in [3.8, 4) is 5.75 Å². The van der Waals surface area contributed by atoms with E-state index in [-0.39, 0.29) is 5.78 Å². The van der Waals surface area contributed by atoms with Crippen molar-refractivity contribution in [1.29, 1.82) is 0 Å². The topological polar surface area (TPSA) is 48.4 Å². The second kappa shape index (κ2) is 9.91. The van der Waals surface area contributed by atoms with E-state index in [0.29, 0.717) is 16.6 Å². The number of hydrogen-bond donors (Lipinski definition) is 0. The van der Waals surface area contributed by atoms with Crippen LogP contribution in [0.5, 0.6) is 5.75 Å². The molecule has 1 fully saturated rings. The molecular formula is C27H26BrClN4O2. The molecule has 0 N–H and O–H groups in total. The molecule has 2 heterocycles. The van der Waals surface area contributed by atoms with Gasteiger partial charge in [-0.05, 0) is 79.6 Å². The molecule has 0 saturated carbocycles. The van der Waals surface area contributed by atoms with Crippen LogP contribution in [0.4, 0.5) is 17.1 Å². The van der Waals surface area contributed by atoms with Gasteiger partial charge < -0.3 is 9.64 Å². The molecule has 35 heavy (non-hydrogen) atoms. The van der Waals surface area contributed by atoms with Crippen LogP contribution in [-0.4, -0.2) is 31.8 Å². The number of amidine groups is 1. The number of anilines is 3. The molecule has 8 heteroatoms. The Labute approximate surface area is 218 Å². The first kappa shape index (κ1) is 23.7. The average Bonchev–Trinajstić information content (AvgIpc) is 3.53. The van der Waals surface area contributed by atoms with Gasteiger partial charge in [0.2, 0.25) is 0 Å². The van der Waals surface area contributed by atoms with Crippen LogP contribution in [0.25, 0.3) is 0 Å². The molecule has 0 unspecified atom stereocenters. The minimum atomic E-state index is -0.444. The number of benzene rings is 3. The quantitative estimate of drug-likeness (QED) is 0.342. The first-order chi connectivity index (χ1) is 17.0. The van der Waals surface area contributed by atoms with E-state index in [4.69, 9.17) is 21.4 Å². The van der Waals surface area contributed by atoms with Crippen molar-refractivity contribution in [3.05, 3.63) is 81.8 Å². The molecule has 5 rings (SSSR count). The highest BCUT2D eigenvalue weighted by atomic mass is 79.9. The summed E-state index contributed by atoms with van der Waals surface area (Å²) in [7, 11) is 1.65. The largest absolute Gasteiger partial charge is 0.496 e. The molecule has 0 bridgehead atoms. The van der Waals surface area contributed by atoms with Crippen LogP contribution in [-0.2, 0) is 4.79 Å². The Morgan fingerprint density at radius 2 is 1.60 bits per heavy atom. The molecule has 0 aromatic heterocycles. The van der Waals surface area contributed by atoms with Crippen LogP contribution in [0.3, 0.4) is 0 Å². The lowest BCUT2D eigenvalue weighted by Gasteiger charge is -2.33. The van der Waals surface area contributed by atoms with Crippen molar-refractivity contribution < 1.29 is 9.53 Å². The SMILES string of the molecule is COc1ccc(Br)cc1[C@@H]1N(c2ccc(Cl)cc2)N=C(C(C)=O)N1c1ccc(N2CCCC2)cc1. The summed E-state index contributed by atoms with van der Waals surface area (Å²) in [5.74, 6) is 0.945. The van der Waals surface area contributed by atoms with E-state index < -0.39 is 6.17 Å². The van der Waals surface area contributed by atoms with Crippen LogP contribution < -0.4 is 19.5 Å². The molecule has 3 aromatic rings. The number of carbonyl (C=O) groups excluding carboxylic acids is 1. The van der Waals surface area contributed by atoms with Crippen LogP contribution in [0.1, 0.15) is 31.5 Å². The fourth-order valence-electron chi connectivity index (χ4n) is 4.70. The molecule has 0 radical (unpaired) electrons. The molecule has 0 spiro atoms. The van der Waals surface area contributed by atoms with Gasteiger partial charge in [-0.25, -0.2) is 5.01 Å². The second-order valence-corrected chi connectivity index (χ2v) is 9.99. The van der Waals surface area contributed by atoms with Gasteiger partial charge in [-0.1, -0.05) is 27.5 Å². The number of Topliss-reactive ketones (excluding diaryl/α,β-unsaturated/α-hetero) is 1. The summed E-state index contributed by atoms with van der Waals surface area (Å²) in [6.45, 7) is 3.70. The first-order valence-corrected chi connectivity index (χ1v) is 12.8. The molecule has 1 saturated heterocycles. The van der Waals surface area contributed by atoms with E-state index in [1.165, 1.54) is 18.5 Å². The minimum absolute atomic E-state index is 0.121. The van der Waals surface area contributed by atoms with Crippen molar-refractivity contribution in [2.45, 2.75) is 25.9 Å². The summed E-state index contributed by atoms with van der Waals surface area (Å²) in [6, 6.07) is 21.7. The third-order valence-electron chi connectivity index (χ3n) is 6.38. The van der Waals surface area contributed by atoms with Crippen molar-refractivity contribution in [3.63, 3.8) is 0 Å². The maximum absolute atomic E-state index is 12.9. The van der Waals surface area contributed by atoms with E-state index in [0.717, 1.165) is 34.5 Å². The zero-order chi connectivity index (χ0) is 24.5. The van der Waals surface area contributed by atoms with Gasteiger partial charge >= 0.3 is 0 Å². The van der Waals surface area contributed by atoms with Gasteiger partial charge in [0.15, 0.2) is 17.8 Å². The number of hydrazone groups is 1. The summed E-state index contributed by atoms with van der Waals surface area (Å²) in [6.07, 6.45) is 1.99. The van der Waals surface area contributed by atoms with Gasteiger partial charge in [-0.2, -0.15) is 0 Å². The molecule has 0 aliphatic carbocycles. The van der Waals surface area contributed by atoms with Crippen molar-refractivity contribution in [1.82, 2.24) is 0 Å². The van der Waals surface area contributed by atoms with Gasteiger partial charge in [-0.15, -0.1) is 5.10 Å². The van der Waals surface area contributed by atoms with E-state index in [1.807, 2.05) is 52.4 Å². The number of methoxy groups -OCH3 is 1. The fraction of sp³-hybridized carbons (Fsp3) is 0.259. The standard InChI is InChI=1S/C27H26BrClN4O2/c1-18(34)26-30-33(23-8-6-20(29)7-9-23)27(24-17-19(28)5-14-25(24)35-2)32(26)22-12-10-21(11-13-22)31-15-3-4-16-31/h5-14,17,27H,3-4,15-16H2,1-2H3/t27-/m0/s1. The number of nitrogens with zero attached hydrogens (tertiary/aromatic N) is 4. The smallest absolute Gasteiger partial charge is 0.198 e. The van der Waals surface area contributed by atoms with Gasteiger partial charge in [0.25, 0.3) is 0 Å². The highest BCUT2D eigenvalue weighted by molar-refractivity contribution is 9.10. The zero-order valence-corrected chi connectivity index (χ0v) is 22.0. The Morgan fingerprint density at radius 1 is 0.971 bits per heavy atom. The van der Waals surface area contributed by atoms with Crippen LogP contribution in [0.15, 0.2) is 76.3 Å². The van der Waals surface area contributed by atoms with Crippen molar-refractivity contribution in [2.75, 3.05) is 35.0 Å². The summed E-state index contributed by atoms with van der Waals surface area (Å²) < 4.78 is 6.65. The number of ketones is 1. The maximum Gasteiger partial charge on any atom is 0.198 e. The summed E-state index contributed by atoms with van der Waals surface area (Å²) in [4.78, 5) is 17.2. The van der Waals surface area contributed by atoms with Gasteiger partial charge in [0, 0.05) is 46.4 Å². The lowest BCUT2D eigenvalue weighted by molar-refractivity contribution is -0.111. The minimum Gasteiger partial charge on any atom is -0.496 e.